The van der Waals surface area contributed by atoms with E-state index in [0.29, 0.717) is 19.0 Å². The molecule has 0 spiro atoms. The summed E-state index contributed by atoms with van der Waals surface area (Å²) in [6.45, 7) is 4.87. The van der Waals surface area contributed by atoms with E-state index in [2.05, 4.69) is 12.2 Å². The minimum atomic E-state index is -3.74. The maximum atomic E-state index is 13.0. The number of hydrogen-bond acceptors (Lipinski definition) is 5. The first-order chi connectivity index (χ1) is 14.7. The summed E-state index contributed by atoms with van der Waals surface area (Å²) in [5, 5.41) is 2.75. The molecule has 31 heavy (non-hydrogen) atoms. The van der Waals surface area contributed by atoms with Crippen molar-refractivity contribution in [2.75, 3.05) is 25.0 Å². The van der Waals surface area contributed by atoms with E-state index in [-0.39, 0.29) is 33.3 Å². The van der Waals surface area contributed by atoms with Gasteiger partial charge in [-0.25, -0.2) is 13.2 Å². The second kappa shape index (κ2) is 9.80. The molecule has 0 radical (unpaired) electrons. The average Bonchev–Trinajstić information content (AvgIpc) is 2.74. The molecule has 0 saturated carbocycles. The monoisotopic (exact) mass is 464 g/mol. The van der Waals surface area contributed by atoms with Crippen LogP contribution in [0.25, 0.3) is 0 Å². The number of rotatable bonds is 6. The molecule has 1 amide bonds. The second-order valence-electron chi connectivity index (χ2n) is 7.45. The first-order valence-electron chi connectivity index (χ1n) is 10.1. The Balaban J connectivity index is 1.87. The summed E-state index contributed by atoms with van der Waals surface area (Å²) in [5.74, 6) is -0.705. The normalized spacial score (nSPS) is 15.5. The Kier molecular flexibility index (Phi) is 7.35. The molecule has 1 aliphatic rings. The van der Waals surface area contributed by atoms with Crippen LogP contribution < -0.4 is 5.32 Å². The van der Waals surface area contributed by atoms with Crippen LogP contribution in [-0.4, -0.2) is 44.3 Å². The van der Waals surface area contributed by atoms with Gasteiger partial charge in [0.2, 0.25) is 10.0 Å². The molecule has 7 nitrogen and oxygen atoms in total. The largest absolute Gasteiger partial charge is 0.462 e. The zero-order valence-electron chi connectivity index (χ0n) is 17.4. The predicted molar refractivity (Wildman–Crippen MR) is 119 cm³/mol. The number of sulfonamides is 1. The van der Waals surface area contributed by atoms with E-state index < -0.39 is 21.9 Å². The van der Waals surface area contributed by atoms with Crippen molar-refractivity contribution in [2.45, 2.75) is 31.6 Å². The number of ether oxygens (including phenoxy) is 1. The number of piperidine rings is 1. The Hall–Kier alpha value is -2.42. The van der Waals surface area contributed by atoms with Gasteiger partial charge in [-0.2, -0.15) is 4.31 Å². The maximum absolute atomic E-state index is 13.0. The number of esters is 1. The molecule has 0 atom stereocenters. The minimum Gasteiger partial charge on any atom is -0.462 e. The van der Waals surface area contributed by atoms with E-state index in [0.717, 1.165) is 12.8 Å². The first-order valence-corrected chi connectivity index (χ1v) is 11.9. The highest BCUT2D eigenvalue weighted by Gasteiger charge is 2.29. The van der Waals surface area contributed by atoms with Crippen molar-refractivity contribution in [1.29, 1.82) is 0 Å². The number of halogens is 1. The van der Waals surface area contributed by atoms with Crippen LogP contribution in [-0.2, 0) is 14.8 Å². The van der Waals surface area contributed by atoms with Crippen LogP contribution in [0.4, 0.5) is 5.69 Å². The number of benzene rings is 2. The highest BCUT2D eigenvalue weighted by Crippen LogP contribution is 2.27. The van der Waals surface area contributed by atoms with Crippen molar-refractivity contribution in [3.8, 4) is 0 Å². The van der Waals surface area contributed by atoms with Crippen LogP contribution in [0, 0.1) is 5.92 Å². The van der Waals surface area contributed by atoms with Gasteiger partial charge >= 0.3 is 5.97 Å². The molecule has 0 aromatic heterocycles. The summed E-state index contributed by atoms with van der Waals surface area (Å²) in [6.07, 6.45) is 1.59. The molecule has 1 N–H and O–H groups in total. The van der Waals surface area contributed by atoms with Gasteiger partial charge in [-0.1, -0.05) is 30.7 Å². The fraction of sp³-hybridized carbons (Fsp3) is 0.364. The topological polar surface area (TPSA) is 92.8 Å². The van der Waals surface area contributed by atoms with Crippen LogP contribution in [0.15, 0.2) is 47.4 Å². The van der Waals surface area contributed by atoms with Gasteiger partial charge in [-0.15, -0.1) is 0 Å². The molecule has 3 rings (SSSR count). The first kappa shape index (κ1) is 23.2. The Morgan fingerprint density at radius 2 is 1.81 bits per heavy atom. The Morgan fingerprint density at radius 1 is 1.13 bits per heavy atom. The molecule has 166 valence electrons. The van der Waals surface area contributed by atoms with Gasteiger partial charge in [0.1, 0.15) is 0 Å². The third-order valence-electron chi connectivity index (χ3n) is 5.23. The summed E-state index contributed by atoms with van der Waals surface area (Å²) in [4.78, 5) is 25.1. The zero-order valence-corrected chi connectivity index (χ0v) is 19.0. The molecule has 1 heterocycles. The summed E-state index contributed by atoms with van der Waals surface area (Å²) in [7, 11) is -3.74. The summed E-state index contributed by atoms with van der Waals surface area (Å²) in [5.41, 5.74) is 0.451. The second-order valence-corrected chi connectivity index (χ2v) is 9.79. The zero-order chi connectivity index (χ0) is 22.6. The van der Waals surface area contributed by atoms with Crippen molar-refractivity contribution in [3.05, 3.63) is 58.6 Å². The highest BCUT2D eigenvalue weighted by molar-refractivity contribution is 7.89. The Bertz CT molecular complexity index is 1080. The lowest BCUT2D eigenvalue weighted by Gasteiger charge is -2.29. The number of carbonyl (C=O) groups excluding carboxylic acids is 2. The number of nitrogens with one attached hydrogen (secondary N) is 1. The van der Waals surface area contributed by atoms with Crippen LogP contribution in [0.5, 0.6) is 0 Å². The lowest BCUT2D eigenvalue weighted by molar-refractivity contribution is 0.0527. The number of para-hydroxylation sites is 1. The van der Waals surface area contributed by atoms with Crippen molar-refractivity contribution < 1.29 is 22.7 Å². The molecule has 9 heteroatoms. The molecule has 1 fully saturated rings. The van der Waals surface area contributed by atoms with E-state index >= 15 is 0 Å². The van der Waals surface area contributed by atoms with Gasteiger partial charge < -0.3 is 10.1 Å². The average molecular weight is 465 g/mol. The van der Waals surface area contributed by atoms with E-state index in [9.17, 15) is 18.0 Å². The van der Waals surface area contributed by atoms with Crippen LogP contribution >= 0.6 is 11.6 Å². The summed E-state index contributed by atoms with van der Waals surface area (Å²) < 4.78 is 32.5. The third-order valence-corrected chi connectivity index (χ3v) is 7.46. The van der Waals surface area contributed by atoms with E-state index in [1.165, 1.54) is 28.6 Å². The number of nitrogens with zero attached hydrogens (tertiary/aromatic N) is 1. The smallest absolute Gasteiger partial charge is 0.340 e. The van der Waals surface area contributed by atoms with Crippen LogP contribution in [0.3, 0.4) is 0 Å². The molecular weight excluding hydrogens is 440 g/mol. The predicted octanol–water partition coefficient (Wildman–Crippen LogP) is 4.19. The van der Waals surface area contributed by atoms with Gasteiger partial charge in [-0.05, 0) is 56.0 Å². The van der Waals surface area contributed by atoms with Crippen molar-refractivity contribution in [1.82, 2.24) is 4.31 Å². The molecule has 0 unspecified atom stereocenters. The van der Waals surface area contributed by atoms with Crippen LogP contribution in [0.2, 0.25) is 5.02 Å². The number of carbonyl (C=O) groups is 2. The Labute approximate surface area is 187 Å². The number of hydrogen-bond donors (Lipinski definition) is 1. The van der Waals surface area contributed by atoms with Crippen molar-refractivity contribution >= 4 is 39.2 Å². The fourth-order valence-corrected chi connectivity index (χ4v) is 5.08. The lowest BCUT2D eigenvalue weighted by Crippen LogP contribution is -2.37. The standard InChI is InChI=1S/C22H25ClN2O5S/c1-3-30-22(27)17-6-4-5-7-20(17)24-21(26)18-14-16(8-9-19(18)23)31(28,29)25-12-10-15(2)11-13-25/h4-9,14-15H,3,10-13H2,1-2H3,(H,24,26). The van der Waals surface area contributed by atoms with Gasteiger partial charge in [0, 0.05) is 13.1 Å². The minimum absolute atomic E-state index is 0.00628. The van der Waals surface area contributed by atoms with Gasteiger partial charge in [0.15, 0.2) is 0 Å². The lowest BCUT2D eigenvalue weighted by atomic mass is 10.0. The fourth-order valence-electron chi connectivity index (χ4n) is 3.38. The summed E-state index contributed by atoms with van der Waals surface area (Å²) in [6, 6.07) is 10.5. The number of anilines is 1. The van der Waals surface area contributed by atoms with Crippen LogP contribution in [0.1, 0.15) is 47.4 Å². The molecule has 1 saturated heterocycles. The molecular formula is C22H25ClN2O5S. The van der Waals surface area contributed by atoms with Gasteiger partial charge in [0.05, 0.1) is 33.3 Å². The molecule has 1 aliphatic heterocycles. The molecule has 2 aromatic rings. The molecule has 0 bridgehead atoms. The third kappa shape index (κ3) is 5.26. The van der Waals surface area contributed by atoms with Crippen molar-refractivity contribution in [3.63, 3.8) is 0 Å². The SMILES string of the molecule is CCOC(=O)c1ccccc1NC(=O)c1cc(S(=O)(=O)N2CCC(C)CC2)ccc1Cl. The van der Waals surface area contributed by atoms with Crippen molar-refractivity contribution in [2.24, 2.45) is 5.92 Å². The highest BCUT2D eigenvalue weighted by atomic mass is 35.5. The van der Waals surface area contributed by atoms with E-state index in [1.807, 2.05) is 0 Å². The Morgan fingerprint density at radius 3 is 2.48 bits per heavy atom. The van der Waals surface area contributed by atoms with E-state index in [1.54, 1.807) is 25.1 Å². The maximum Gasteiger partial charge on any atom is 0.340 e. The summed E-state index contributed by atoms with van der Waals surface area (Å²) >= 11 is 6.20. The number of amides is 1. The molecule has 0 aliphatic carbocycles. The van der Waals surface area contributed by atoms with Gasteiger partial charge in [0.25, 0.3) is 5.91 Å². The van der Waals surface area contributed by atoms with E-state index in [4.69, 9.17) is 16.3 Å². The van der Waals surface area contributed by atoms with Gasteiger partial charge in [-0.3, -0.25) is 4.79 Å². The molecule has 2 aromatic carbocycles. The quantitative estimate of drug-likeness (QED) is 0.647.